The van der Waals surface area contributed by atoms with E-state index in [0.29, 0.717) is 18.1 Å². The lowest BCUT2D eigenvalue weighted by Gasteiger charge is -2.15. The SMILES string of the molecule is C#CC[C@H]1C[C@@H](C)O[C@H]1CCCCO. The molecule has 2 nitrogen and oxygen atoms in total. The molecule has 0 aromatic rings. The molecule has 0 saturated carbocycles. The number of aliphatic hydroxyl groups is 1. The van der Waals surface area contributed by atoms with Crippen LogP contribution in [0.15, 0.2) is 0 Å². The highest BCUT2D eigenvalue weighted by Gasteiger charge is 2.31. The zero-order valence-corrected chi connectivity index (χ0v) is 8.91. The van der Waals surface area contributed by atoms with Crippen molar-refractivity contribution in [3.63, 3.8) is 0 Å². The summed E-state index contributed by atoms with van der Waals surface area (Å²) in [5.41, 5.74) is 0. The Kier molecular flexibility index (Phi) is 5.00. The lowest BCUT2D eigenvalue weighted by atomic mass is 9.93. The van der Waals surface area contributed by atoms with Crippen molar-refractivity contribution in [2.24, 2.45) is 5.92 Å². The average Bonchev–Trinajstić information content (AvgIpc) is 2.48. The molecule has 2 heteroatoms. The zero-order valence-electron chi connectivity index (χ0n) is 8.91. The first-order valence-electron chi connectivity index (χ1n) is 5.47. The summed E-state index contributed by atoms with van der Waals surface area (Å²) in [6, 6.07) is 0. The number of terminal acetylenes is 1. The van der Waals surface area contributed by atoms with Gasteiger partial charge in [-0.2, -0.15) is 0 Å². The van der Waals surface area contributed by atoms with Gasteiger partial charge in [-0.25, -0.2) is 0 Å². The third-order valence-corrected chi connectivity index (χ3v) is 2.84. The molecule has 1 heterocycles. The average molecular weight is 196 g/mol. The van der Waals surface area contributed by atoms with Crippen molar-refractivity contribution in [3.05, 3.63) is 0 Å². The van der Waals surface area contributed by atoms with Gasteiger partial charge in [0.25, 0.3) is 0 Å². The second kappa shape index (κ2) is 6.06. The van der Waals surface area contributed by atoms with E-state index in [1.54, 1.807) is 0 Å². The van der Waals surface area contributed by atoms with Crippen LogP contribution >= 0.6 is 0 Å². The van der Waals surface area contributed by atoms with Crippen LogP contribution in [-0.2, 0) is 4.74 Å². The maximum absolute atomic E-state index is 8.69. The fourth-order valence-electron chi connectivity index (χ4n) is 2.17. The normalized spacial score (nSPS) is 31.6. The fraction of sp³-hybridized carbons (Fsp3) is 0.833. The molecule has 1 aliphatic heterocycles. The van der Waals surface area contributed by atoms with Crippen molar-refractivity contribution in [2.75, 3.05) is 6.61 Å². The standard InChI is InChI=1S/C12H20O2/c1-3-6-11-9-10(2)14-12(11)7-4-5-8-13/h1,10-13H,4-9H2,2H3/t10-,11+,12+/m1/s1. The van der Waals surface area contributed by atoms with Crippen LogP contribution in [0.1, 0.15) is 39.0 Å². The molecule has 3 atom stereocenters. The van der Waals surface area contributed by atoms with Crippen molar-refractivity contribution >= 4 is 0 Å². The van der Waals surface area contributed by atoms with Gasteiger partial charge >= 0.3 is 0 Å². The largest absolute Gasteiger partial charge is 0.396 e. The van der Waals surface area contributed by atoms with Crippen LogP contribution in [0.5, 0.6) is 0 Å². The van der Waals surface area contributed by atoms with E-state index < -0.39 is 0 Å². The lowest BCUT2D eigenvalue weighted by Crippen LogP contribution is -2.15. The van der Waals surface area contributed by atoms with Gasteiger partial charge in [0.1, 0.15) is 0 Å². The maximum atomic E-state index is 8.69. The predicted molar refractivity (Wildman–Crippen MR) is 56.8 cm³/mol. The molecular weight excluding hydrogens is 176 g/mol. The van der Waals surface area contributed by atoms with Crippen LogP contribution in [0.25, 0.3) is 0 Å². The quantitative estimate of drug-likeness (QED) is 0.538. The predicted octanol–water partition coefficient (Wildman–Crippen LogP) is 1.97. The van der Waals surface area contributed by atoms with Crippen LogP contribution in [0.3, 0.4) is 0 Å². The van der Waals surface area contributed by atoms with E-state index in [1.807, 2.05) is 0 Å². The minimum atomic E-state index is 0.280. The first-order chi connectivity index (χ1) is 6.77. The summed E-state index contributed by atoms with van der Waals surface area (Å²) in [7, 11) is 0. The number of aliphatic hydroxyl groups excluding tert-OH is 1. The summed E-state index contributed by atoms with van der Waals surface area (Å²) in [6.07, 6.45) is 10.9. The molecule has 1 aliphatic rings. The number of rotatable bonds is 5. The van der Waals surface area contributed by atoms with E-state index in [2.05, 4.69) is 12.8 Å². The van der Waals surface area contributed by atoms with Crippen molar-refractivity contribution in [2.45, 2.75) is 51.2 Å². The molecule has 1 N–H and O–H groups in total. The van der Waals surface area contributed by atoms with Crippen LogP contribution in [0.2, 0.25) is 0 Å². The molecule has 0 aromatic carbocycles. The Morgan fingerprint density at radius 1 is 1.50 bits per heavy atom. The fourth-order valence-corrected chi connectivity index (χ4v) is 2.17. The van der Waals surface area contributed by atoms with Crippen LogP contribution in [0.4, 0.5) is 0 Å². The maximum Gasteiger partial charge on any atom is 0.0617 e. The molecule has 0 aromatic heterocycles. The zero-order chi connectivity index (χ0) is 10.4. The topological polar surface area (TPSA) is 29.5 Å². The van der Waals surface area contributed by atoms with Gasteiger partial charge in [-0.15, -0.1) is 12.3 Å². The molecule has 0 bridgehead atoms. The van der Waals surface area contributed by atoms with E-state index in [-0.39, 0.29) is 6.61 Å². The Morgan fingerprint density at radius 2 is 2.29 bits per heavy atom. The molecule has 0 unspecified atom stereocenters. The van der Waals surface area contributed by atoms with Gasteiger partial charge in [0.2, 0.25) is 0 Å². The highest BCUT2D eigenvalue weighted by molar-refractivity contribution is 4.92. The molecule has 80 valence electrons. The van der Waals surface area contributed by atoms with Crippen molar-refractivity contribution in [1.29, 1.82) is 0 Å². The van der Waals surface area contributed by atoms with Crippen LogP contribution in [0, 0.1) is 18.3 Å². The Hall–Kier alpha value is -0.520. The smallest absolute Gasteiger partial charge is 0.0617 e. The molecule has 14 heavy (non-hydrogen) atoms. The van der Waals surface area contributed by atoms with E-state index >= 15 is 0 Å². The van der Waals surface area contributed by atoms with Crippen LogP contribution < -0.4 is 0 Å². The van der Waals surface area contributed by atoms with Gasteiger partial charge in [-0.3, -0.25) is 0 Å². The Balaban J connectivity index is 2.30. The van der Waals surface area contributed by atoms with E-state index in [9.17, 15) is 0 Å². The van der Waals surface area contributed by atoms with Crippen LogP contribution in [-0.4, -0.2) is 23.9 Å². The van der Waals surface area contributed by atoms with Gasteiger partial charge in [0, 0.05) is 13.0 Å². The molecule has 0 radical (unpaired) electrons. The molecular formula is C12H20O2. The first kappa shape index (κ1) is 11.6. The number of hydrogen-bond donors (Lipinski definition) is 1. The number of ether oxygens (including phenoxy) is 1. The summed E-state index contributed by atoms with van der Waals surface area (Å²) in [5.74, 6) is 3.26. The Labute approximate surface area is 86.7 Å². The third kappa shape index (κ3) is 3.32. The van der Waals surface area contributed by atoms with Gasteiger partial charge in [0.15, 0.2) is 0 Å². The van der Waals surface area contributed by atoms with Crippen molar-refractivity contribution < 1.29 is 9.84 Å². The van der Waals surface area contributed by atoms with Crippen molar-refractivity contribution in [1.82, 2.24) is 0 Å². The first-order valence-corrected chi connectivity index (χ1v) is 5.47. The minimum Gasteiger partial charge on any atom is -0.396 e. The van der Waals surface area contributed by atoms with Gasteiger partial charge in [-0.05, 0) is 38.5 Å². The van der Waals surface area contributed by atoms with Crippen molar-refractivity contribution in [3.8, 4) is 12.3 Å². The van der Waals surface area contributed by atoms with Gasteiger partial charge in [0.05, 0.1) is 12.2 Å². The Bertz CT molecular complexity index is 195. The lowest BCUT2D eigenvalue weighted by molar-refractivity contribution is 0.0368. The minimum absolute atomic E-state index is 0.280. The molecule has 1 saturated heterocycles. The molecule has 1 fully saturated rings. The highest BCUT2D eigenvalue weighted by atomic mass is 16.5. The molecule has 0 amide bonds. The summed E-state index contributed by atoms with van der Waals surface area (Å²) < 4.78 is 5.80. The second-order valence-corrected chi connectivity index (χ2v) is 4.11. The second-order valence-electron chi connectivity index (χ2n) is 4.11. The van der Waals surface area contributed by atoms with Gasteiger partial charge in [-0.1, -0.05) is 0 Å². The number of hydrogen-bond acceptors (Lipinski definition) is 2. The Morgan fingerprint density at radius 3 is 2.93 bits per heavy atom. The monoisotopic (exact) mass is 196 g/mol. The summed E-state index contributed by atoms with van der Waals surface area (Å²) >= 11 is 0. The van der Waals surface area contributed by atoms with Gasteiger partial charge < -0.3 is 9.84 Å². The summed E-state index contributed by atoms with van der Waals surface area (Å²) in [5, 5.41) is 8.69. The van der Waals surface area contributed by atoms with E-state index in [4.69, 9.17) is 16.3 Å². The summed E-state index contributed by atoms with van der Waals surface area (Å²) in [4.78, 5) is 0. The molecule has 1 rings (SSSR count). The molecule has 0 aliphatic carbocycles. The van der Waals surface area contributed by atoms with E-state index in [0.717, 1.165) is 32.1 Å². The molecule has 0 spiro atoms. The summed E-state index contributed by atoms with van der Waals surface area (Å²) in [6.45, 7) is 2.39. The van der Waals surface area contributed by atoms with E-state index in [1.165, 1.54) is 0 Å². The number of unbranched alkanes of at least 4 members (excludes halogenated alkanes) is 1. The third-order valence-electron chi connectivity index (χ3n) is 2.84. The highest BCUT2D eigenvalue weighted by Crippen LogP contribution is 2.31.